The summed E-state index contributed by atoms with van der Waals surface area (Å²) in [5.74, 6) is 0.116. The summed E-state index contributed by atoms with van der Waals surface area (Å²) in [7, 11) is 0. The monoisotopic (exact) mass is 671 g/mol. The lowest BCUT2D eigenvalue weighted by molar-refractivity contribution is -0.137. The molecule has 9 heteroatoms. The van der Waals surface area contributed by atoms with E-state index in [0.717, 1.165) is 52.8 Å². The third-order valence-electron chi connectivity index (χ3n) is 8.69. The molecule has 1 aliphatic rings. The molecule has 4 aromatic rings. The summed E-state index contributed by atoms with van der Waals surface area (Å²) < 4.78 is 45.1. The molecule has 1 fully saturated rings. The van der Waals surface area contributed by atoms with Crippen molar-refractivity contribution < 1.29 is 27.5 Å². The van der Waals surface area contributed by atoms with E-state index in [9.17, 15) is 22.8 Å². The van der Waals surface area contributed by atoms with Gasteiger partial charge in [0.25, 0.3) is 5.91 Å². The van der Waals surface area contributed by atoms with Crippen LogP contribution in [0.2, 0.25) is 0 Å². The average Bonchev–Trinajstić information content (AvgIpc) is 3.08. The number of hydrogen-bond donors (Lipinski definition) is 0. The maximum Gasteiger partial charge on any atom is 0.416 e. The van der Waals surface area contributed by atoms with Crippen molar-refractivity contribution in [2.45, 2.75) is 84.3 Å². The van der Waals surface area contributed by atoms with Gasteiger partial charge >= 0.3 is 12.3 Å². The SMILES string of the molecule is CC(C)(C)OC(=O)N(Cc1ccc(-c2ccc(CN(Cc3cccnc3)C(=O)c3ccc(C(F)(F)F)cc3)cc2)cc1)CC1CCCCC1. The standard InChI is InChI=1S/C40H44F3N3O3/c1-39(2,3)49-38(48)46(26-29-8-5-4-6-9-29)27-31-13-17-34(18-14-31)33-15-11-30(12-16-33)25-45(28-32-10-7-23-44-24-32)37(47)35-19-21-36(22-20-35)40(41,42)43/h7,10-24,29H,4-6,8-9,25-28H2,1-3H3. The van der Waals surface area contributed by atoms with Crippen LogP contribution >= 0.6 is 0 Å². The van der Waals surface area contributed by atoms with Gasteiger partial charge in [-0.15, -0.1) is 0 Å². The fraction of sp³-hybridized carbons (Fsp3) is 0.375. The van der Waals surface area contributed by atoms with E-state index in [0.29, 0.717) is 19.0 Å². The lowest BCUT2D eigenvalue weighted by Gasteiger charge is -2.32. The van der Waals surface area contributed by atoms with Crippen molar-refractivity contribution in [2.24, 2.45) is 5.92 Å². The van der Waals surface area contributed by atoms with Gasteiger partial charge in [0.05, 0.1) is 5.56 Å². The highest BCUT2D eigenvalue weighted by Gasteiger charge is 2.31. The highest BCUT2D eigenvalue weighted by Crippen LogP contribution is 2.30. The third kappa shape index (κ3) is 10.4. The number of halogens is 3. The molecule has 1 heterocycles. The van der Waals surface area contributed by atoms with Crippen LogP contribution in [0.1, 0.15) is 85.5 Å². The molecule has 0 N–H and O–H groups in total. The van der Waals surface area contributed by atoms with Crippen molar-refractivity contribution in [1.29, 1.82) is 0 Å². The van der Waals surface area contributed by atoms with Crippen molar-refractivity contribution in [3.63, 3.8) is 0 Å². The molecule has 3 aromatic carbocycles. The van der Waals surface area contributed by atoms with Crippen LogP contribution in [0.25, 0.3) is 11.1 Å². The molecule has 1 saturated carbocycles. The van der Waals surface area contributed by atoms with E-state index in [1.165, 1.54) is 31.4 Å². The molecule has 0 spiro atoms. The molecule has 1 aliphatic carbocycles. The summed E-state index contributed by atoms with van der Waals surface area (Å²) in [6, 6.07) is 24.0. The smallest absolute Gasteiger partial charge is 0.416 e. The molecule has 0 atom stereocenters. The Morgan fingerprint density at radius 1 is 0.735 bits per heavy atom. The Kier molecular flexibility index (Phi) is 11.4. The summed E-state index contributed by atoms with van der Waals surface area (Å²) in [5, 5.41) is 0. The van der Waals surface area contributed by atoms with E-state index in [2.05, 4.69) is 4.98 Å². The number of amides is 2. The van der Waals surface area contributed by atoms with Crippen LogP contribution in [0.5, 0.6) is 0 Å². The molecule has 2 amide bonds. The molecule has 49 heavy (non-hydrogen) atoms. The number of aromatic nitrogens is 1. The average molecular weight is 672 g/mol. The molecule has 0 bridgehead atoms. The summed E-state index contributed by atoms with van der Waals surface area (Å²) in [5.41, 5.74) is 3.53. The minimum absolute atomic E-state index is 0.178. The largest absolute Gasteiger partial charge is 0.444 e. The van der Waals surface area contributed by atoms with Crippen LogP contribution in [0, 0.1) is 5.92 Å². The van der Waals surface area contributed by atoms with Gasteiger partial charge in [-0.1, -0.05) is 73.9 Å². The topological polar surface area (TPSA) is 62.7 Å². The molecule has 1 aromatic heterocycles. The highest BCUT2D eigenvalue weighted by molar-refractivity contribution is 5.94. The lowest BCUT2D eigenvalue weighted by Crippen LogP contribution is -2.39. The lowest BCUT2D eigenvalue weighted by atomic mass is 9.89. The number of carbonyl (C=O) groups excluding carboxylic acids is 2. The zero-order valence-electron chi connectivity index (χ0n) is 28.4. The fourth-order valence-electron chi connectivity index (χ4n) is 6.15. The van der Waals surface area contributed by atoms with Crippen LogP contribution in [-0.4, -0.2) is 38.9 Å². The zero-order valence-corrected chi connectivity index (χ0v) is 28.4. The van der Waals surface area contributed by atoms with E-state index >= 15 is 0 Å². The van der Waals surface area contributed by atoms with E-state index in [4.69, 9.17) is 4.74 Å². The van der Waals surface area contributed by atoms with Crippen LogP contribution in [0.4, 0.5) is 18.0 Å². The first-order chi connectivity index (χ1) is 23.3. The first-order valence-electron chi connectivity index (χ1n) is 16.9. The van der Waals surface area contributed by atoms with Gasteiger partial charge < -0.3 is 14.5 Å². The molecule has 0 unspecified atom stereocenters. The predicted octanol–water partition coefficient (Wildman–Crippen LogP) is 9.93. The molecule has 6 nitrogen and oxygen atoms in total. The number of nitrogens with zero attached hydrogens (tertiary/aromatic N) is 3. The Labute approximate surface area is 286 Å². The van der Waals surface area contributed by atoms with E-state index in [1.807, 2.05) is 80.3 Å². The van der Waals surface area contributed by atoms with Crippen LogP contribution in [0.15, 0.2) is 97.3 Å². The minimum Gasteiger partial charge on any atom is -0.444 e. The second-order valence-electron chi connectivity index (χ2n) is 13.9. The van der Waals surface area contributed by atoms with Crippen LogP contribution in [-0.2, 0) is 30.5 Å². The number of rotatable bonds is 10. The number of alkyl halides is 3. The Hall–Kier alpha value is -4.66. The molecule has 0 radical (unpaired) electrons. The first-order valence-corrected chi connectivity index (χ1v) is 16.9. The second-order valence-corrected chi connectivity index (χ2v) is 13.9. The molecule has 0 saturated heterocycles. The number of carbonyl (C=O) groups is 2. The van der Waals surface area contributed by atoms with E-state index in [-0.39, 0.29) is 30.7 Å². The Bertz CT molecular complexity index is 1660. The van der Waals surface area contributed by atoms with Crippen molar-refractivity contribution in [3.05, 3.63) is 125 Å². The molecule has 5 rings (SSSR count). The summed E-state index contributed by atoms with van der Waals surface area (Å²) >= 11 is 0. The first kappa shape index (κ1) is 35.6. The van der Waals surface area contributed by atoms with Gasteiger partial charge in [0, 0.05) is 44.1 Å². The summed E-state index contributed by atoms with van der Waals surface area (Å²) in [6.07, 6.45) is 4.50. The van der Waals surface area contributed by atoms with Crippen molar-refractivity contribution >= 4 is 12.0 Å². The minimum atomic E-state index is -4.48. The van der Waals surface area contributed by atoms with Gasteiger partial charge in [-0.05, 0) is 97.7 Å². The molecular weight excluding hydrogens is 627 g/mol. The van der Waals surface area contributed by atoms with Crippen molar-refractivity contribution in [1.82, 2.24) is 14.8 Å². The van der Waals surface area contributed by atoms with Gasteiger partial charge in [-0.2, -0.15) is 13.2 Å². The van der Waals surface area contributed by atoms with Crippen LogP contribution < -0.4 is 0 Å². The highest BCUT2D eigenvalue weighted by atomic mass is 19.4. The Morgan fingerprint density at radius 3 is 1.80 bits per heavy atom. The summed E-state index contributed by atoms with van der Waals surface area (Å²) in [4.78, 5) is 34.3. The maximum atomic E-state index is 13.5. The van der Waals surface area contributed by atoms with Crippen molar-refractivity contribution in [2.75, 3.05) is 6.54 Å². The van der Waals surface area contributed by atoms with Crippen LogP contribution in [0.3, 0.4) is 0 Å². The quantitative estimate of drug-likeness (QED) is 0.168. The van der Waals surface area contributed by atoms with E-state index in [1.54, 1.807) is 23.4 Å². The third-order valence-corrected chi connectivity index (χ3v) is 8.69. The van der Waals surface area contributed by atoms with Gasteiger partial charge in [-0.25, -0.2) is 4.79 Å². The summed E-state index contributed by atoms with van der Waals surface area (Å²) in [6.45, 7) is 7.34. The van der Waals surface area contributed by atoms with Gasteiger partial charge in [-0.3, -0.25) is 9.78 Å². The van der Waals surface area contributed by atoms with Gasteiger partial charge in [0.2, 0.25) is 0 Å². The molecule has 258 valence electrons. The number of benzene rings is 3. The molecular formula is C40H44F3N3O3. The van der Waals surface area contributed by atoms with Crippen molar-refractivity contribution in [3.8, 4) is 11.1 Å². The van der Waals surface area contributed by atoms with E-state index < -0.39 is 17.3 Å². The van der Waals surface area contributed by atoms with Gasteiger partial charge in [0.1, 0.15) is 5.60 Å². The fourth-order valence-corrected chi connectivity index (χ4v) is 6.15. The zero-order chi connectivity index (χ0) is 35.0. The second kappa shape index (κ2) is 15.7. The number of hydrogen-bond acceptors (Lipinski definition) is 4. The predicted molar refractivity (Wildman–Crippen MR) is 184 cm³/mol. The van der Waals surface area contributed by atoms with Gasteiger partial charge in [0.15, 0.2) is 0 Å². The molecule has 0 aliphatic heterocycles. The Balaban J connectivity index is 1.28. The number of pyridine rings is 1. The number of ether oxygens (including phenoxy) is 1. The maximum absolute atomic E-state index is 13.5. The normalized spacial score (nSPS) is 13.9. The Morgan fingerprint density at radius 2 is 1.29 bits per heavy atom.